The molecular weight excluding hydrogens is 490 g/mol. The first kappa shape index (κ1) is 28.0. The third-order valence-corrected chi connectivity index (χ3v) is 5.06. The predicted octanol–water partition coefficient (Wildman–Crippen LogP) is 2.28. The molecule has 0 bridgehead atoms. The van der Waals surface area contributed by atoms with Crippen LogP contribution in [-0.4, -0.2) is 54.4 Å². The van der Waals surface area contributed by atoms with Crippen LogP contribution in [0.5, 0.6) is 0 Å². The van der Waals surface area contributed by atoms with Gasteiger partial charge in [0.05, 0.1) is 23.4 Å². The van der Waals surface area contributed by atoms with Gasteiger partial charge >= 0.3 is 0 Å². The lowest BCUT2D eigenvalue weighted by Crippen LogP contribution is -2.30. The first-order valence-electron chi connectivity index (χ1n) is 10.6. The minimum absolute atomic E-state index is 0.147. The standard InChI is InChI=1S/C21H22ClN7O.2CH2O2/c1-14-11-25-20(26-12-16-4-2-3-7-24-16)21(30)29(14)9-8-23-13-19-17-10-15(22)5-6-18(17)27-28-19;2*2-1-3/h2-7,10-11,23H,8-9,12-13H2,1H3,(H,25,26)(H,27,28);2*1H,(H,2,3). The van der Waals surface area contributed by atoms with Gasteiger partial charge in [-0.15, -0.1) is 0 Å². The zero-order valence-electron chi connectivity index (χ0n) is 19.4. The van der Waals surface area contributed by atoms with Gasteiger partial charge in [-0.25, -0.2) is 4.98 Å². The van der Waals surface area contributed by atoms with Crippen molar-refractivity contribution in [3.05, 3.63) is 81.3 Å². The summed E-state index contributed by atoms with van der Waals surface area (Å²) in [6.07, 6.45) is 3.42. The monoisotopic (exact) mass is 515 g/mol. The van der Waals surface area contributed by atoms with E-state index in [0.29, 0.717) is 37.0 Å². The van der Waals surface area contributed by atoms with E-state index < -0.39 is 0 Å². The molecule has 0 amide bonds. The molecule has 0 unspecified atom stereocenters. The number of H-pyrrole nitrogens is 1. The van der Waals surface area contributed by atoms with Crippen LogP contribution < -0.4 is 16.2 Å². The van der Waals surface area contributed by atoms with Crippen molar-refractivity contribution in [1.82, 2.24) is 30.0 Å². The fraction of sp³-hybridized carbons (Fsp3) is 0.217. The highest BCUT2D eigenvalue weighted by atomic mass is 35.5. The molecule has 36 heavy (non-hydrogen) atoms. The molecule has 12 nitrogen and oxygen atoms in total. The molecule has 0 fully saturated rings. The summed E-state index contributed by atoms with van der Waals surface area (Å²) in [5.41, 5.74) is 3.35. The highest BCUT2D eigenvalue weighted by molar-refractivity contribution is 6.31. The van der Waals surface area contributed by atoms with Gasteiger partial charge < -0.3 is 25.4 Å². The topological polar surface area (TPSA) is 175 Å². The van der Waals surface area contributed by atoms with Crippen LogP contribution in [0.4, 0.5) is 5.82 Å². The number of rotatable bonds is 8. The van der Waals surface area contributed by atoms with Crippen LogP contribution in [0, 0.1) is 6.92 Å². The van der Waals surface area contributed by atoms with Crippen molar-refractivity contribution in [2.24, 2.45) is 0 Å². The molecule has 1 aromatic carbocycles. The maximum atomic E-state index is 12.8. The summed E-state index contributed by atoms with van der Waals surface area (Å²) >= 11 is 6.09. The fourth-order valence-corrected chi connectivity index (χ4v) is 3.39. The van der Waals surface area contributed by atoms with E-state index in [1.54, 1.807) is 17.0 Å². The molecule has 0 aliphatic rings. The molecule has 3 aromatic heterocycles. The summed E-state index contributed by atoms with van der Waals surface area (Å²) < 4.78 is 1.71. The number of carboxylic acid groups (broad SMARTS) is 2. The Balaban J connectivity index is 0.000000693. The van der Waals surface area contributed by atoms with Crippen molar-refractivity contribution >= 4 is 41.3 Å². The van der Waals surface area contributed by atoms with Gasteiger partial charge in [0.15, 0.2) is 5.82 Å². The first-order valence-corrected chi connectivity index (χ1v) is 11.0. The summed E-state index contributed by atoms with van der Waals surface area (Å²) in [6.45, 7) is 3.56. The van der Waals surface area contributed by atoms with Gasteiger partial charge in [0.1, 0.15) is 0 Å². The molecule has 0 spiro atoms. The van der Waals surface area contributed by atoms with E-state index in [1.165, 1.54) is 0 Å². The molecule has 0 saturated heterocycles. The number of pyridine rings is 1. The Labute approximate surface area is 211 Å². The van der Waals surface area contributed by atoms with Crippen molar-refractivity contribution < 1.29 is 19.8 Å². The zero-order chi connectivity index (χ0) is 26.3. The quantitative estimate of drug-likeness (QED) is 0.173. The molecule has 3 heterocycles. The van der Waals surface area contributed by atoms with Crippen LogP contribution in [0.15, 0.2) is 53.6 Å². The number of aromatic amines is 1. The average Bonchev–Trinajstić information content (AvgIpc) is 3.26. The van der Waals surface area contributed by atoms with Gasteiger partial charge in [-0.2, -0.15) is 5.10 Å². The highest BCUT2D eigenvalue weighted by Gasteiger charge is 2.09. The van der Waals surface area contributed by atoms with Gasteiger partial charge in [-0.1, -0.05) is 17.7 Å². The molecule has 0 aliphatic carbocycles. The number of carbonyl (C=O) groups is 2. The van der Waals surface area contributed by atoms with E-state index in [-0.39, 0.29) is 18.5 Å². The number of aromatic nitrogens is 5. The van der Waals surface area contributed by atoms with Crippen molar-refractivity contribution in [3.8, 4) is 0 Å². The van der Waals surface area contributed by atoms with Crippen LogP contribution in [0.3, 0.4) is 0 Å². The molecule has 5 N–H and O–H groups in total. The van der Waals surface area contributed by atoms with Crippen molar-refractivity contribution in [2.45, 2.75) is 26.6 Å². The third-order valence-electron chi connectivity index (χ3n) is 4.83. The molecule has 0 atom stereocenters. The Morgan fingerprint density at radius 1 is 1.11 bits per heavy atom. The summed E-state index contributed by atoms with van der Waals surface area (Å²) in [7, 11) is 0. The van der Waals surface area contributed by atoms with Crippen molar-refractivity contribution in [3.63, 3.8) is 0 Å². The second-order valence-corrected chi connectivity index (χ2v) is 7.57. The molecule has 13 heteroatoms. The van der Waals surface area contributed by atoms with E-state index in [1.807, 2.05) is 43.3 Å². The second-order valence-electron chi connectivity index (χ2n) is 7.13. The minimum atomic E-state index is -0.250. The normalized spacial score (nSPS) is 9.94. The molecule has 0 radical (unpaired) electrons. The highest BCUT2D eigenvalue weighted by Crippen LogP contribution is 2.20. The number of aryl methyl sites for hydroxylation is 1. The van der Waals surface area contributed by atoms with Gasteiger partial charge in [0.2, 0.25) is 0 Å². The smallest absolute Gasteiger partial charge is 0.293 e. The Morgan fingerprint density at radius 2 is 1.86 bits per heavy atom. The zero-order valence-corrected chi connectivity index (χ0v) is 20.1. The Morgan fingerprint density at radius 3 is 2.56 bits per heavy atom. The number of fused-ring (bicyclic) bond motifs is 1. The van der Waals surface area contributed by atoms with Crippen LogP contribution in [-0.2, 0) is 29.2 Å². The van der Waals surface area contributed by atoms with Crippen molar-refractivity contribution in [1.29, 1.82) is 0 Å². The number of anilines is 1. The Bertz CT molecular complexity index is 1310. The number of nitrogens with zero attached hydrogens (tertiary/aromatic N) is 4. The van der Waals surface area contributed by atoms with Crippen LogP contribution in [0.2, 0.25) is 5.02 Å². The molecule has 4 aromatic rings. The van der Waals surface area contributed by atoms with Crippen LogP contribution >= 0.6 is 11.6 Å². The van der Waals surface area contributed by atoms with E-state index in [0.717, 1.165) is 28.0 Å². The van der Waals surface area contributed by atoms with E-state index in [2.05, 4.69) is 30.8 Å². The number of nitrogens with one attached hydrogen (secondary N) is 3. The molecule has 4 rings (SSSR count). The first-order chi connectivity index (χ1) is 17.4. The van der Waals surface area contributed by atoms with E-state index in [4.69, 9.17) is 31.4 Å². The van der Waals surface area contributed by atoms with Crippen molar-refractivity contribution in [2.75, 3.05) is 11.9 Å². The number of halogens is 1. The lowest BCUT2D eigenvalue weighted by Gasteiger charge is -2.12. The number of hydrogen-bond donors (Lipinski definition) is 5. The summed E-state index contributed by atoms with van der Waals surface area (Å²) in [4.78, 5) is 38.0. The molecule has 190 valence electrons. The number of benzene rings is 1. The van der Waals surface area contributed by atoms with Crippen LogP contribution in [0.1, 0.15) is 17.1 Å². The lowest BCUT2D eigenvalue weighted by molar-refractivity contribution is -0.123. The Kier molecular flexibility index (Phi) is 11.5. The lowest BCUT2D eigenvalue weighted by atomic mass is 10.2. The minimum Gasteiger partial charge on any atom is -0.483 e. The van der Waals surface area contributed by atoms with Crippen LogP contribution in [0.25, 0.3) is 10.9 Å². The van der Waals surface area contributed by atoms with Gasteiger partial charge in [0, 0.05) is 48.1 Å². The van der Waals surface area contributed by atoms with Gasteiger partial charge in [-0.05, 0) is 37.3 Å². The second kappa shape index (κ2) is 14.9. The maximum absolute atomic E-state index is 12.8. The summed E-state index contributed by atoms with van der Waals surface area (Å²) in [5.74, 6) is 0.320. The molecule has 0 aliphatic heterocycles. The fourth-order valence-electron chi connectivity index (χ4n) is 3.22. The summed E-state index contributed by atoms with van der Waals surface area (Å²) in [5, 5.41) is 29.2. The third kappa shape index (κ3) is 8.18. The maximum Gasteiger partial charge on any atom is 0.293 e. The predicted molar refractivity (Wildman–Crippen MR) is 135 cm³/mol. The molecule has 0 saturated carbocycles. The average molecular weight is 516 g/mol. The summed E-state index contributed by atoms with van der Waals surface area (Å²) in [6, 6.07) is 11.3. The van der Waals surface area contributed by atoms with Gasteiger partial charge in [0.25, 0.3) is 18.5 Å². The number of hydrogen-bond acceptors (Lipinski definition) is 8. The van der Waals surface area contributed by atoms with E-state index >= 15 is 0 Å². The Hall–Kier alpha value is -4.29. The SMILES string of the molecule is Cc1cnc(NCc2ccccn2)c(=O)n1CCNCc1[nH]nc2ccc(Cl)cc12.O=CO.O=CO. The van der Waals surface area contributed by atoms with Gasteiger partial charge in [-0.3, -0.25) is 24.5 Å². The molecular formula is C23H26ClN7O5. The van der Waals surface area contributed by atoms with E-state index in [9.17, 15) is 4.79 Å². The largest absolute Gasteiger partial charge is 0.483 e.